The van der Waals surface area contributed by atoms with Crippen LogP contribution in [0.2, 0.25) is 5.02 Å². The molecule has 1 aromatic heterocycles. The average Bonchev–Trinajstić information content (AvgIpc) is 3.22. The molecule has 5 nitrogen and oxygen atoms in total. The number of benzene rings is 2. The highest BCUT2D eigenvalue weighted by Crippen LogP contribution is 2.49. The number of hydrogen-bond acceptors (Lipinski definition) is 3. The largest absolute Gasteiger partial charge is 0.351 e. The lowest BCUT2D eigenvalue weighted by atomic mass is 9.95. The molecule has 0 bridgehead atoms. The highest BCUT2D eigenvalue weighted by atomic mass is 35.5. The number of hydrogen-bond donors (Lipinski definition) is 1. The van der Waals surface area contributed by atoms with E-state index in [1.165, 1.54) is 0 Å². The van der Waals surface area contributed by atoms with Crippen LogP contribution in [0.3, 0.4) is 0 Å². The van der Waals surface area contributed by atoms with E-state index in [1.54, 1.807) is 29.4 Å². The molecule has 1 aliphatic carbocycles. The summed E-state index contributed by atoms with van der Waals surface area (Å²) in [6.45, 7) is 0.600. The first-order valence-corrected chi connectivity index (χ1v) is 8.54. The second-order valence-electron chi connectivity index (χ2n) is 6.36. The van der Waals surface area contributed by atoms with E-state index in [0.717, 1.165) is 29.1 Å². The zero-order valence-corrected chi connectivity index (χ0v) is 14.3. The number of aromatic nitrogens is 3. The highest BCUT2D eigenvalue weighted by Gasteiger charge is 2.45. The van der Waals surface area contributed by atoms with E-state index in [-0.39, 0.29) is 11.3 Å². The van der Waals surface area contributed by atoms with Gasteiger partial charge in [0.2, 0.25) is 0 Å². The van der Waals surface area contributed by atoms with Crippen molar-refractivity contribution in [3.05, 3.63) is 77.3 Å². The third kappa shape index (κ3) is 3.15. The summed E-state index contributed by atoms with van der Waals surface area (Å²) in [6, 6.07) is 15.2. The summed E-state index contributed by atoms with van der Waals surface area (Å²) in [5, 5.41) is 11.4. The van der Waals surface area contributed by atoms with Crippen molar-refractivity contribution in [1.29, 1.82) is 0 Å². The van der Waals surface area contributed by atoms with Crippen molar-refractivity contribution in [2.24, 2.45) is 0 Å². The topological polar surface area (TPSA) is 59.8 Å². The summed E-state index contributed by atoms with van der Waals surface area (Å²) in [6.07, 6.45) is 5.33. The van der Waals surface area contributed by atoms with E-state index in [1.807, 2.05) is 30.3 Å². The van der Waals surface area contributed by atoms with Crippen LogP contribution < -0.4 is 5.32 Å². The molecule has 1 aliphatic rings. The molecule has 0 saturated heterocycles. The first-order valence-electron chi connectivity index (χ1n) is 8.16. The van der Waals surface area contributed by atoms with Gasteiger partial charge in [-0.05, 0) is 48.7 Å². The third-order valence-corrected chi connectivity index (χ3v) is 5.06. The van der Waals surface area contributed by atoms with E-state index in [2.05, 4.69) is 21.6 Å². The van der Waals surface area contributed by atoms with Gasteiger partial charge in [-0.2, -0.15) is 0 Å². The number of rotatable bonds is 5. The zero-order valence-electron chi connectivity index (χ0n) is 13.5. The Morgan fingerprint density at radius 1 is 1.08 bits per heavy atom. The van der Waals surface area contributed by atoms with Gasteiger partial charge in [0.25, 0.3) is 5.91 Å². The smallest absolute Gasteiger partial charge is 0.251 e. The SMILES string of the molecule is O=C(NCC1(c2ccccc2Cl)CC1)c1ccc(-n2cnnc2)cc1. The summed E-state index contributed by atoms with van der Waals surface area (Å²) in [5.41, 5.74) is 2.65. The maximum absolute atomic E-state index is 12.5. The predicted molar refractivity (Wildman–Crippen MR) is 96.1 cm³/mol. The van der Waals surface area contributed by atoms with E-state index < -0.39 is 0 Å². The maximum Gasteiger partial charge on any atom is 0.251 e. The van der Waals surface area contributed by atoms with Gasteiger partial charge in [0, 0.05) is 28.2 Å². The Bertz CT molecular complexity index is 886. The molecule has 0 atom stereocenters. The van der Waals surface area contributed by atoms with Crippen LogP contribution in [0.25, 0.3) is 5.69 Å². The lowest BCUT2D eigenvalue weighted by molar-refractivity contribution is 0.0949. The molecule has 0 unspecified atom stereocenters. The Kier molecular flexibility index (Phi) is 4.01. The molecule has 126 valence electrons. The van der Waals surface area contributed by atoms with E-state index in [9.17, 15) is 4.79 Å². The second kappa shape index (κ2) is 6.33. The summed E-state index contributed by atoms with van der Waals surface area (Å²) in [7, 11) is 0. The normalized spacial score (nSPS) is 14.9. The Hall–Kier alpha value is -2.66. The molecule has 1 fully saturated rings. The average molecular weight is 353 g/mol. The minimum Gasteiger partial charge on any atom is -0.351 e. The van der Waals surface area contributed by atoms with Crippen LogP contribution in [-0.2, 0) is 5.41 Å². The Balaban J connectivity index is 1.43. The molecular weight excluding hydrogens is 336 g/mol. The molecule has 0 radical (unpaired) electrons. The van der Waals surface area contributed by atoms with Crippen LogP contribution in [0.5, 0.6) is 0 Å². The van der Waals surface area contributed by atoms with Gasteiger partial charge < -0.3 is 5.32 Å². The van der Waals surface area contributed by atoms with Gasteiger partial charge >= 0.3 is 0 Å². The standard InChI is InChI=1S/C19H17ClN4O/c20-17-4-2-1-3-16(17)19(9-10-19)11-21-18(25)14-5-7-15(8-6-14)24-12-22-23-13-24/h1-8,12-13H,9-11H2,(H,21,25). The summed E-state index contributed by atoms with van der Waals surface area (Å²) in [5.74, 6) is -0.0753. The first kappa shape index (κ1) is 15.8. The van der Waals surface area contributed by atoms with Crippen molar-refractivity contribution in [2.45, 2.75) is 18.3 Å². The van der Waals surface area contributed by atoms with Gasteiger partial charge in [0.05, 0.1) is 0 Å². The monoisotopic (exact) mass is 352 g/mol. The van der Waals surface area contributed by atoms with Crippen molar-refractivity contribution in [3.63, 3.8) is 0 Å². The lowest BCUT2D eigenvalue weighted by Gasteiger charge is -2.18. The van der Waals surface area contributed by atoms with Crippen LogP contribution in [0.4, 0.5) is 0 Å². The van der Waals surface area contributed by atoms with Crippen LogP contribution in [-0.4, -0.2) is 27.2 Å². The molecular formula is C19H17ClN4O. The van der Waals surface area contributed by atoms with E-state index >= 15 is 0 Å². The van der Waals surface area contributed by atoms with Gasteiger partial charge in [0.1, 0.15) is 12.7 Å². The van der Waals surface area contributed by atoms with Crippen molar-refractivity contribution < 1.29 is 4.79 Å². The Labute approximate surface area is 150 Å². The summed E-state index contributed by atoms with van der Waals surface area (Å²) in [4.78, 5) is 12.5. The van der Waals surface area contributed by atoms with Crippen LogP contribution >= 0.6 is 11.6 Å². The minimum atomic E-state index is -0.0753. The Morgan fingerprint density at radius 2 is 1.76 bits per heavy atom. The van der Waals surface area contributed by atoms with Gasteiger partial charge in [-0.25, -0.2) is 0 Å². The lowest BCUT2D eigenvalue weighted by Crippen LogP contribution is -2.32. The quantitative estimate of drug-likeness (QED) is 0.765. The molecule has 4 rings (SSSR count). The fourth-order valence-electron chi connectivity index (χ4n) is 3.05. The highest BCUT2D eigenvalue weighted by molar-refractivity contribution is 6.31. The first-order chi connectivity index (χ1) is 12.2. The number of amides is 1. The van der Waals surface area contributed by atoms with Crippen molar-refractivity contribution >= 4 is 17.5 Å². The van der Waals surface area contributed by atoms with Crippen LogP contribution in [0.15, 0.2) is 61.2 Å². The van der Waals surface area contributed by atoms with Gasteiger partial charge in [0.15, 0.2) is 0 Å². The summed E-state index contributed by atoms with van der Waals surface area (Å²) >= 11 is 6.32. The third-order valence-electron chi connectivity index (χ3n) is 4.73. The van der Waals surface area contributed by atoms with Crippen LogP contribution in [0.1, 0.15) is 28.8 Å². The molecule has 25 heavy (non-hydrogen) atoms. The number of halogens is 1. The van der Waals surface area contributed by atoms with Crippen molar-refractivity contribution in [1.82, 2.24) is 20.1 Å². The fourth-order valence-corrected chi connectivity index (χ4v) is 3.39. The van der Waals surface area contributed by atoms with Crippen LogP contribution in [0, 0.1) is 0 Å². The van der Waals surface area contributed by atoms with Crippen molar-refractivity contribution in [2.75, 3.05) is 6.54 Å². The molecule has 1 N–H and O–H groups in total. The maximum atomic E-state index is 12.5. The molecule has 3 aromatic rings. The second-order valence-corrected chi connectivity index (χ2v) is 6.77. The van der Waals surface area contributed by atoms with E-state index in [4.69, 9.17) is 11.6 Å². The van der Waals surface area contributed by atoms with Crippen molar-refractivity contribution in [3.8, 4) is 5.69 Å². The number of carbonyl (C=O) groups excluding carboxylic acids is 1. The minimum absolute atomic E-state index is 0.0174. The number of nitrogens with zero attached hydrogens (tertiary/aromatic N) is 3. The van der Waals surface area contributed by atoms with Gasteiger partial charge in [-0.1, -0.05) is 29.8 Å². The number of carbonyl (C=O) groups is 1. The van der Waals surface area contributed by atoms with Gasteiger partial charge in [-0.15, -0.1) is 10.2 Å². The fraction of sp³-hybridized carbons (Fsp3) is 0.211. The molecule has 6 heteroatoms. The molecule has 1 amide bonds. The number of nitrogens with one attached hydrogen (secondary N) is 1. The molecule has 0 aliphatic heterocycles. The van der Waals surface area contributed by atoms with Gasteiger partial charge in [-0.3, -0.25) is 9.36 Å². The van der Waals surface area contributed by atoms with E-state index in [0.29, 0.717) is 12.1 Å². The summed E-state index contributed by atoms with van der Waals surface area (Å²) < 4.78 is 1.79. The predicted octanol–water partition coefficient (Wildman–Crippen LogP) is 3.38. The molecule has 0 spiro atoms. The Morgan fingerprint density at radius 3 is 2.40 bits per heavy atom. The molecule has 1 saturated carbocycles. The zero-order chi connectivity index (χ0) is 17.3. The molecule has 2 aromatic carbocycles. The molecule has 1 heterocycles.